The molecule has 0 saturated heterocycles. The van der Waals surface area contributed by atoms with Gasteiger partial charge < -0.3 is 30.3 Å². The van der Waals surface area contributed by atoms with Crippen molar-refractivity contribution in [2.45, 2.75) is 58.4 Å². The number of nitrogens with zero attached hydrogens (tertiary/aromatic N) is 2. The normalized spacial score (nSPS) is 9.74. The first-order valence-electron chi connectivity index (χ1n) is 11.2. The number of unbranched alkanes of at least 4 members (excludes halogenated alkanes) is 3. The minimum atomic E-state index is -0.375. The maximum Gasteiger partial charge on any atom is 1.00 e. The number of nitrogens with one attached hydrogen (secondary N) is 1. The smallest absolute Gasteiger partial charge is 0.648 e. The maximum absolute atomic E-state index is 11.8. The number of rotatable bonds is 18. The summed E-state index contributed by atoms with van der Waals surface area (Å²) in [5, 5.41) is 10.5. The number of urea groups is 1. The van der Waals surface area contributed by atoms with E-state index in [1.54, 1.807) is 24.3 Å². The van der Waals surface area contributed by atoms with E-state index < -0.39 is 0 Å². The number of Topliss-reactive ketones (excluding diaryl/α,β-unsaturated/α-hetero) is 2. The Kier molecular flexibility index (Phi) is 26.8. The van der Waals surface area contributed by atoms with E-state index in [0.29, 0.717) is 32.5 Å². The van der Waals surface area contributed by atoms with E-state index in [-0.39, 0.29) is 167 Å². The topological polar surface area (TPSA) is 135 Å². The second kappa shape index (κ2) is 24.9. The molecule has 0 spiro atoms. The molecule has 1 aromatic carbocycles. The summed E-state index contributed by atoms with van der Waals surface area (Å²) in [6.45, 7) is 2.62. The minimum absolute atomic E-state index is 0. The van der Waals surface area contributed by atoms with Crippen molar-refractivity contribution in [2.24, 2.45) is 0 Å². The van der Waals surface area contributed by atoms with Crippen LogP contribution >= 0.6 is 0 Å². The molecule has 9 nitrogen and oxygen atoms in total. The second-order valence-corrected chi connectivity index (χ2v) is 7.66. The van der Waals surface area contributed by atoms with Gasteiger partial charge in [-0.3, -0.25) is 14.4 Å². The minimum Gasteiger partial charge on any atom is -0.648 e. The Labute approximate surface area is 307 Å². The van der Waals surface area contributed by atoms with Gasteiger partial charge in [-0.05, 0) is 31.9 Å². The molecular weight excluding hydrogens is 597 g/mol. The molecule has 0 aliphatic carbocycles. The van der Waals surface area contributed by atoms with Crippen molar-refractivity contribution < 1.29 is 147 Å². The van der Waals surface area contributed by atoms with Crippen molar-refractivity contribution in [2.75, 3.05) is 26.3 Å². The summed E-state index contributed by atoms with van der Waals surface area (Å²) < 4.78 is 5.27. The van der Waals surface area contributed by atoms with Crippen molar-refractivity contribution in [3.8, 4) is 0 Å². The van der Waals surface area contributed by atoms with Gasteiger partial charge in [-0.15, -0.1) is 6.54 Å². The van der Waals surface area contributed by atoms with Crippen LogP contribution in [0.2, 0.25) is 0 Å². The van der Waals surface area contributed by atoms with E-state index in [2.05, 4.69) is 16.0 Å². The molecule has 1 aromatic rings. The van der Waals surface area contributed by atoms with Crippen LogP contribution in [0.25, 0.3) is 10.6 Å². The van der Waals surface area contributed by atoms with E-state index in [4.69, 9.17) is 4.74 Å². The zero-order valence-electron chi connectivity index (χ0n) is 21.2. The Hall–Kier alpha value is 0.540. The van der Waals surface area contributed by atoms with Crippen LogP contribution in [0.3, 0.4) is 0 Å². The number of carbonyl (C=O) groups excluding carboxylic acids is 5. The molecule has 0 unspecified atom stereocenters. The molecule has 0 aromatic heterocycles. The number of ether oxygens (including phenoxy) is 1. The van der Waals surface area contributed by atoms with Crippen molar-refractivity contribution in [3.05, 3.63) is 46.0 Å². The van der Waals surface area contributed by atoms with Gasteiger partial charge in [0, 0.05) is 20.9 Å². The zero-order valence-corrected chi connectivity index (χ0v) is 31.0. The molecule has 3 amide bonds. The molecule has 35 heavy (non-hydrogen) atoms. The van der Waals surface area contributed by atoms with Crippen LogP contribution in [0.4, 0.5) is 4.79 Å². The molecule has 0 fully saturated rings. The fourth-order valence-electron chi connectivity index (χ4n) is 2.84. The van der Waals surface area contributed by atoms with Crippen LogP contribution in [-0.4, -0.2) is 56.1 Å². The van der Waals surface area contributed by atoms with E-state index in [9.17, 15) is 24.0 Å². The van der Waals surface area contributed by atoms with Gasteiger partial charge in [0.05, 0.1) is 18.9 Å². The molecule has 0 radical (unpaired) electrons. The Balaban J connectivity index is -0.00000363. The van der Waals surface area contributed by atoms with Gasteiger partial charge in [-0.2, -0.15) is 0 Å². The number of aldehydes is 1. The summed E-state index contributed by atoms with van der Waals surface area (Å²) in [6.07, 6.45) is 4.64. The van der Waals surface area contributed by atoms with E-state index in [1.807, 2.05) is 0 Å². The third kappa shape index (κ3) is 22.3. The number of hydrogen-bond acceptors (Lipinski definition) is 6. The van der Waals surface area contributed by atoms with Crippen molar-refractivity contribution >= 4 is 29.8 Å². The van der Waals surface area contributed by atoms with Crippen LogP contribution in [-0.2, 0) is 36.9 Å². The summed E-state index contributed by atoms with van der Waals surface area (Å²) in [7, 11) is 0. The zero-order chi connectivity index (χ0) is 24.3. The standard InChI is InChI=1S/C24H35N3O6.2Rb.H2/c1-19(29)15-22(30)16-20-7-9-21(10-8-20)17-27-23(31)18-33-14-6-12-26-24(32)25-11-4-2-3-5-13-28;;;/h7-10,13H,2-6,11-12,14-18H2,1H3,(H3,25,26,27,31,32);;;1H/q;2*+1;/p-2. The summed E-state index contributed by atoms with van der Waals surface area (Å²) >= 11 is 0. The first-order chi connectivity index (χ1) is 15.9. The van der Waals surface area contributed by atoms with Crippen LogP contribution in [0.1, 0.15) is 58.0 Å². The van der Waals surface area contributed by atoms with Crippen LogP contribution in [0, 0.1) is 0 Å². The molecule has 0 saturated carbocycles. The Morgan fingerprint density at radius 2 is 1.66 bits per heavy atom. The fourth-order valence-corrected chi connectivity index (χ4v) is 2.84. The monoisotopic (exact) mass is 631 g/mol. The number of hydrogen-bond donors (Lipinski definition) is 1. The van der Waals surface area contributed by atoms with Crippen molar-refractivity contribution in [1.82, 2.24) is 5.32 Å². The van der Waals surface area contributed by atoms with Gasteiger partial charge in [-0.25, -0.2) is 0 Å². The molecule has 0 bridgehead atoms. The van der Waals surface area contributed by atoms with Gasteiger partial charge in [-0.1, -0.05) is 49.2 Å². The molecule has 11 heteroatoms. The van der Waals surface area contributed by atoms with Gasteiger partial charge >= 0.3 is 116 Å². The van der Waals surface area contributed by atoms with Gasteiger partial charge in [0.15, 0.2) is 6.03 Å². The Morgan fingerprint density at radius 1 is 0.971 bits per heavy atom. The Morgan fingerprint density at radius 3 is 2.31 bits per heavy atom. The quantitative estimate of drug-likeness (QED) is 0.110. The maximum atomic E-state index is 11.8. The van der Waals surface area contributed by atoms with E-state index >= 15 is 0 Å². The number of benzene rings is 1. The Bertz CT molecular complexity index is 782. The first-order valence-corrected chi connectivity index (χ1v) is 11.2. The van der Waals surface area contributed by atoms with Crippen molar-refractivity contribution in [1.29, 1.82) is 0 Å². The summed E-state index contributed by atoms with van der Waals surface area (Å²) in [5.74, 6) is -0.645. The first kappa shape index (κ1) is 37.7. The molecular formula is C24H35N3O6Rb2. The predicted octanol–water partition coefficient (Wildman–Crippen LogP) is -2.32. The van der Waals surface area contributed by atoms with Crippen LogP contribution in [0.5, 0.6) is 0 Å². The molecule has 0 aliphatic heterocycles. The van der Waals surface area contributed by atoms with E-state index in [1.165, 1.54) is 6.92 Å². The van der Waals surface area contributed by atoms with E-state index in [0.717, 1.165) is 36.7 Å². The van der Waals surface area contributed by atoms with Crippen LogP contribution in [0.15, 0.2) is 24.3 Å². The molecule has 0 heterocycles. The summed E-state index contributed by atoms with van der Waals surface area (Å²) in [6, 6.07) is 6.80. The SMILES string of the molecule is CC(=O)CC(=O)Cc1ccc(C[N-]C(=O)COCCC[N-]C(=O)NCCCCCC=O)cc1.[HH].[Rb+].[Rb+]. The van der Waals surface area contributed by atoms with Crippen LogP contribution < -0.4 is 122 Å². The third-order valence-corrected chi connectivity index (χ3v) is 4.51. The van der Waals surface area contributed by atoms with Gasteiger partial charge in [0.1, 0.15) is 17.9 Å². The average Bonchev–Trinajstić information content (AvgIpc) is 2.77. The molecule has 1 rings (SSSR count). The van der Waals surface area contributed by atoms with Crippen molar-refractivity contribution in [3.63, 3.8) is 0 Å². The third-order valence-electron chi connectivity index (χ3n) is 4.51. The van der Waals surface area contributed by atoms with Gasteiger partial charge in [0.2, 0.25) is 0 Å². The second-order valence-electron chi connectivity index (χ2n) is 7.66. The summed E-state index contributed by atoms with van der Waals surface area (Å²) in [5.41, 5.74) is 1.65. The molecule has 0 aliphatic rings. The largest absolute Gasteiger partial charge is 1.00 e. The number of ketones is 2. The summed E-state index contributed by atoms with van der Waals surface area (Å²) in [4.78, 5) is 56.2. The molecule has 1 N–H and O–H groups in total. The van der Waals surface area contributed by atoms with Gasteiger partial charge in [0.25, 0.3) is 0 Å². The number of carbonyl (C=O) groups is 5. The number of amides is 3. The predicted molar refractivity (Wildman–Crippen MR) is 126 cm³/mol. The average molecular weight is 632 g/mol. The fraction of sp³-hybridized carbons (Fsp3) is 0.542. The molecule has 184 valence electrons. The molecule has 0 atom stereocenters.